The lowest BCUT2D eigenvalue weighted by Crippen LogP contribution is -2.47. The van der Waals surface area contributed by atoms with Crippen LogP contribution in [0.1, 0.15) is 24.8 Å². The summed E-state index contributed by atoms with van der Waals surface area (Å²) in [7, 11) is 0. The molecule has 5 heteroatoms. The number of pyridine rings is 2. The molecule has 2 fully saturated rings. The maximum absolute atomic E-state index is 13.1. The number of aromatic nitrogens is 2. The average Bonchev–Trinajstić information content (AvgIpc) is 2.93. The first-order chi connectivity index (χ1) is 11.8. The summed E-state index contributed by atoms with van der Waals surface area (Å²) in [5, 5.41) is 0. The van der Waals surface area contributed by atoms with Gasteiger partial charge in [-0.05, 0) is 49.6 Å². The molecule has 0 unspecified atom stereocenters. The number of piperidine rings is 1. The first-order valence-corrected chi connectivity index (χ1v) is 8.60. The number of likely N-dealkylation sites (tertiary alicyclic amines) is 1. The third-order valence-corrected chi connectivity index (χ3v) is 5.26. The zero-order chi connectivity index (χ0) is 16.4. The van der Waals surface area contributed by atoms with E-state index in [1.165, 1.54) is 5.56 Å². The molecule has 2 aliphatic heterocycles. The Kier molecular flexibility index (Phi) is 4.02. The predicted octanol–water partition coefficient (Wildman–Crippen LogP) is 2.50. The standard InChI is InChI=1S/C19H22N4O/c24-18-19(7-11-23(18)17-5-2-9-21-13-17)6-3-10-22(15-19)14-16-4-1-8-20-12-16/h1-2,4-5,8-9,12-13H,3,6-7,10-11,14-15H2/t19-/m0/s1. The molecule has 5 nitrogen and oxygen atoms in total. The van der Waals surface area contributed by atoms with E-state index in [9.17, 15) is 4.79 Å². The highest BCUT2D eigenvalue weighted by Gasteiger charge is 2.49. The third kappa shape index (κ3) is 2.80. The molecule has 1 spiro atoms. The molecule has 24 heavy (non-hydrogen) atoms. The van der Waals surface area contributed by atoms with E-state index in [-0.39, 0.29) is 11.3 Å². The molecule has 2 saturated heterocycles. The van der Waals surface area contributed by atoms with Crippen LogP contribution in [-0.2, 0) is 11.3 Å². The van der Waals surface area contributed by atoms with Crippen molar-refractivity contribution in [2.45, 2.75) is 25.8 Å². The molecule has 0 N–H and O–H groups in total. The first kappa shape index (κ1) is 15.3. The van der Waals surface area contributed by atoms with Gasteiger partial charge >= 0.3 is 0 Å². The van der Waals surface area contributed by atoms with Gasteiger partial charge in [0.05, 0.1) is 17.3 Å². The molecular formula is C19H22N4O. The Labute approximate surface area is 142 Å². The lowest BCUT2D eigenvalue weighted by molar-refractivity contribution is -0.128. The maximum atomic E-state index is 13.1. The monoisotopic (exact) mass is 322 g/mol. The van der Waals surface area contributed by atoms with Crippen LogP contribution in [-0.4, -0.2) is 40.4 Å². The van der Waals surface area contributed by atoms with Gasteiger partial charge in [-0.2, -0.15) is 0 Å². The number of hydrogen-bond acceptors (Lipinski definition) is 4. The molecule has 2 aliphatic rings. The van der Waals surface area contributed by atoms with E-state index < -0.39 is 0 Å². The van der Waals surface area contributed by atoms with E-state index in [1.807, 2.05) is 29.3 Å². The second kappa shape index (κ2) is 6.32. The van der Waals surface area contributed by atoms with Gasteiger partial charge in [0, 0.05) is 38.2 Å². The first-order valence-electron chi connectivity index (χ1n) is 8.60. The second-order valence-electron chi connectivity index (χ2n) is 6.87. The van der Waals surface area contributed by atoms with Gasteiger partial charge in [-0.15, -0.1) is 0 Å². The van der Waals surface area contributed by atoms with Crippen molar-refractivity contribution in [1.82, 2.24) is 14.9 Å². The van der Waals surface area contributed by atoms with Gasteiger partial charge in [0.25, 0.3) is 0 Å². The van der Waals surface area contributed by atoms with E-state index >= 15 is 0 Å². The molecule has 0 saturated carbocycles. The Morgan fingerprint density at radius 2 is 1.88 bits per heavy atom. The average molecular weight is 322 g/mol. The number of amides is 1. The number of rotatable bonds is 3. The van der Waals surface area contributed by atoms with Crippen LogP contribution in [0.15, 0.2) is 49.1 Å². The lowest BCUT2D eigenvalue weighted by Gasteiger charge is -2.39. The third-order valence-electron chi connectivity index (χ3n) is 5.26. The number of anilines is 1. The van der Waals surface area contributed by atoms with Crippen LogP contribution in [0.25, 0.3) is 0 Å². The van der Waals surface area contributed by atoms with Crippen molar-refractivity contribution in [3.63, 3.8) is 0 Å². The Morgan fingerprint density at radius 3 is 2.62 bits per heavy atom. The van der Waals surface area contributed by atoms with Crippen LogP contribution in [0.5, 0.6) is 0 Å². The Balaban J connectivity index is 1.50. The summed E-state index contributed by atoms with van der Waals surface area (Å²) in [6, 6.07) is 7.94. The number of carbonyl (C=O) groups excluding carboxylic acids is 1. The maximum Gasteiger partial charge on any atom is 0.234 e. The fraction of sp³-hybridized carbons (Fsp3) is 0.421. The van der Waals surface area contributed by atoms with E-state index in [0.717, 1.165) is 51.1 Å². The van der Waals surface area contributed by atoms with Gasteiger partial charge in [0.15, 0.2) is 0 Å². The van der Waals surface area contributed by atoms with Crippen molar-refractivity contribution in [2.75, 3.05) is 24.5 Å². The Morgan fingerprint density at radius 1 is 1.04 bits per heavy atom. The quantitative estimate of drug-likeness (QED) is 0.871. The largest absolute Gasteiger partial charge is 0.310 e. The zero-order valence-corrected chi connectivity index (χ0v) is 13.8. The molecule has 4 heterocycles. The molecule has 1 amide bonds. The predicted molar refractivity (Wildman–Crippen MR) is 92.4 cm³/mol. The smallest absolute Gasteiger partial charge is 0.234 e. The zero-order valence-electron chi connectivity index (χ0n) is 13.8. The molecule has 2 aromatic rings. The summed E-state index contributed by atoms with van der Waals surface area (Å²) in [6.07, 6.45) is 10.2. The fourth-order valence-corrected chi connectivity index (χ4v) is 4.07. The van der Waals surface area contributed by atoms with Crippen molar-refractivity contribution in [2.24, 2.45) is 5.41 Å². The van der Waals surface area contributed by atoms with Crippen molar-refractivity contribution < 1.29 is 4.79 Å². The van der Waals surface area contributed by atoms with Gasteiger partial charge in [0.2, 0.25) is 5.91 Å². The van der Waals surface area contributed by atoms with Crippen LogP contribution in [0.2, 0.25) is 0 Å². The van der Waals surface area contributed by atoms with Gasteiger partial charge in [0.1, 0.15) is 0 Å². The van der Waals surface area contributed by atoms with Gasteiger partial charge in [-0.25, -0.2) is 0 Å². The SMILES string of the molecule is O=C1N(c2cccnc2)CC[C@]12CCCN(Cc1cccnc1)C2. The highest BCUT2D eigenvalue weighted by molar-refractivity contribution is 6.00. The molecule has 0 aliphatic carbocycles. The van der Waals surface area contributed by atoms with Crippen molar-refractivity contribution in [3.8, 4) is 0 Å². The summed E-state index contributed by atoms with van der Waals surface area (Å²) in [5.74, 6) is 0.270. The minimum atomic E-state index is -0.226. The minimum absolute atomic E-state index is 0.226. The molecule has 0 bridgehead atoms. The van der Waals surface area contributed by atoms with E-state index in [0.29, 0.717) is 0 Å². The molecule has 4 rings (SSSR count). The normalized spacial score (nSPS) is 24.7. The Hall–Kier alpha value is -2.27. The fourth-order valence-electron chi connectivity index (χ4n) is 4.07. The van der Waals surface area contributed by atoms with E-state index in [4.69, 9.17) is 0 Å². The van der Waals surface area contributed by atoms with E-state index in [1.54, 1.807) is 18.6 Å². The number of nitrogens with zero attached hydrogens (tertiary/aromatic N) is 4. The van der Waals surface area contributed by atoms with Gasteiger partial charge in [-0.3, -0.25) is 19.7 Å². The van der Waals surface area contributed by atoms with E-state index in [2.05, 4.69) is 20.9 Å². The second-order valence-corrected chi connectivity index (χ2v) is 6.87. The van der Waals surface area contributed by atoms with Gasteiger partial charge in [-0.1, -0.05) is 6.07 Å². The van der Waals surface area contributed by atoms with Crippen LogP contribution < -0.4 is 4.90 Å². The van der Waals surface area contributed by atoms with Crippen LogP contribution in [0.3, 0.4) is 0 Å². The molecule has 124 valence electrons. The topological polar surface area (TPSA) is 49.3 Å². The molecule has 0 aromatic carbocycles. The van der Waals surface area contributed by atoms with Crippen LogP contribution >= 0.6 is 0 Å². The van der Waals surface area contributed by atoms with Crippen molar-refractivity contribution in [1.29, 1.82) is 0 Å². The highest BCUT2D eigenvalue weighted by Crippen LogP contribution is 2.41. The summed E-state index contributed by atoms with van der Waals surface area (Å²) >= 11 is 0. The number of carbonyl (C=O) groups is 1. The summed E-state index contributed by atoms with van der Waals surface area (Å²) in [4.78, 5) is 25.8. The highest BCUT2D eigenvalue weighted by atomic mass is 16.2. The van der Waals surface area contributed by atoms with Gasteiger partial charge < -0.3 is 4.90 Å². The molecule has 0 radical (unpaired) electrons. The summed E-state index contributed by atoms with van der Waals surface area (Å²) in [6.45, 7) is 3.56. The summed E-state index contributed by atoms with van der Waals surface area (Å²) in [5.41, 5.74) is 1.91. The number of hydrogen-bond donors (Lipinski definition) is 0. The molecule has 2 aromatic heterocycles. The summed E-state index contributed by atoms with van der Waals surface area (Å²) < 4.78 is 0. The van der Waals surface area contributed by atoms with Crippen molar-refractivity contribution in [3.05, 3.63) is 54.6 Å². The van der Waals surface area contributed by atoms with Crippen LogP contribution in [0.4, 0.5) is 5.69 Å². The molecule has 1 atom stereocenters. The molecular weight excluding hydrogens is 300 g/mol. The lowest BCUT2D eigenvalue weighted by atomic mass is 9.78. The van der Waals surface area contributed by atoms with Crippen LogP contribution in [0, 0.1) is 5.41 Å². The van der Waals surface area contributed by atoms with Crippen molar-refractivity contribution >= 4 is 11.6 Å². The Bertz CT molecular complexity index is 706. The minimum Gasteiger partial charge on any atom is -0.310 e.